The maximum absolute atomic E-state index is 13.1. The van der Waals surface area contributed by atoms with E-state index in [0.717, 1.165) is 15.6 Å². The molecule has 3 aromatic carbocycles. The van der Waals surface area contributed by atoms with Gasteiger partial charge in [-0.3, -0.25) is 0 Å². The first-order valence-corrected chi connectivity index (χ1v) is 12.2. The molecule has 0 saturated carbocycles. The Morgan fingerprint density at radius 3 is 2.47 bits per heavy atom. The van der Waals surface area contributed by atoms with E-state index in [4.69, 9.17) is 12.2 Å². The first kappa shape index (κ1) is 22.3. The van der Waals surface area contributed by atoms with Crippen LogP contribution in [0.4, 0.5) is 0 Å². The summed E-state index contributed by atoms with van der Waals surface area (Å²) in [6.45, 7) is 0.173. The summed E-state index contributed by atoms with van der Waals surface area (Å²) in [5.74, 6) is 0.295. The standard InChI is InChI=1S/C22H18BrN5O2S2/c23-18-12-10-17(11-13-18)14-24-28-21(26-27-22(28)31)19-8-4-5-9-20(19)32(29,30)25-15-16-6-2-1-3-7-16/h1-14,25H,15H2,(H,27,31)/b24-14+. The van der Waals surface area contributed by atoms with E-state index in [0.29, 0.717) is 11.4 Å². The minimum atomic E-state index is -3.82. The summed E-state index contributed by atoms with van der Waals surface area (Å²) in [6.07, 6.45) is 1.63. The number of hydrogen-bond donors (Lipinski definition) is 2. The summed E-state index contributed by atoms with van der Waals surface area (Å²) in [4.78, 5) is 0.0880. The van der Waals surface area contributed by atoms with Gasteiger partial charge < -0.3 is 0 Å². The van der Waals surface area contributed by atoms with Crippen LogP contribution < -0.4 is 4.72 Å². The highest BCUT2D eigenvalue weighted by Gasteiger charge is 2.22. The number of benzene rings is 3. The van der Waals surface area contributed by atoms with Gasteiger partial charge in [0.2, 0.25) is 14.8 Å². The molecule has 0 unspecified atom stereocenters. The molecule has 2 N–H and O–H groups in total. The smallest absolute Gasteiger partial charge is 0.241 e. The lowest BCUT2D eigenvalue weighted by Gasteiger charge is -2.11. The van der Waals surface area contributed by atoms with E-state index in [-0.39, 0.29) is 16.2 Å². The minimum Gasteiger partial charge on any atom is -0.250 e. The Kier molecular flexibility index (Phi) is 6.75. The van der Waals surface area contributed by atoms with Gasteiger partial charge in [-0.15, -0.1) is 0 Å². The summed E-state index contributed by atoms with van der Waals surface area (Å²) >= 11 is 8.72. The fourth-order valence-corrected chi connectivity index (χ4v) is 4.65. The molecular formula is C22H18BrN5O2S2. The quantitative estimate of drug-likeness (QED) is 0.268. The lowest BCUT2D eigenvalue weighted by Crippen LogP contribution is -2.24. The monoisotopic (exact) mass is 527 g/mol. The molecule has 10 heteroatoms. The predicted molar refractivity (Wildman–Crippen MR) is 130 cm³/mol. The van der Waals surface area contributed by atoms with Crippen LogP contribution in [0.2, 0.25) is 0 Å². The van der Waals surface area contributed by atoms with Crippen LogP contribution in [0, 0.1) is 4.77 Å². The van der Waals surface area contributed by atoms with Gasteiger partial charge in [-0.05, 0) is 47.6 Å². The van der Waals surface area contributed by atoms with Crippen LogP contribution in [-0.2, 0) is 16.6 Å². The van der Waals surface area contributed by atoms with Crippen molar-refractivity contribution in [3.05, 3.63) is 99.2 Å². The first-order chi connectivity index (χ1) is 15.4. The highest BCUT2D eigenvalue weighted by molar-refractivity contribution is 9.10. The van der Waals surface area contributed by atoms with E-state index in [1.165, 1.54) is 10.7 Å². The number of hydrogen-bond acceptors (Lipinski definition) is 5. The van der Waals surface area contributed by atoms with Crippen LogP contribution in [0.15, 0.2) is 93.3 Å². The molecule has 4 aromatic rings. The first-order valence-electron chi connectivity index (χ1n) is 9.54. The highest BCUT2D eigenvalue weighted by atomic mass is 79.9. The molecule has 0 spiro atoms. The fourth-order valence-electron chi connectivity index (χ4n) is 2.98. The molecule has 0 fully saturated rings. The summed E-state index contributed by atoms with van der Waals surface area (Å²) < 4.78 is 31.5. The molecular weight excluding hydrogens is 510 g/mol. The third-order valence-corrected chi connectivity index (χ3v) is 6.82. The van der Waals surface area contributed by atoms with Gasteiger partial charge in [0.15, 0.2) is 5.82 Å². The fraction of sp³-hybridized carbons (Fsp3) is 0.0455. The third kappa shape index (κ3) is 5.10. The Labute approximate surface area is 199 Å². The van der Waals surface area contributed by atoms with Gasteiger partial charge in [0, 0.05) is 16.6 Å². The second-order valence-corrected chi connectivity index (χ2v) is 9.80. The third-order valence-electron chi connectivity index (χ3n) is 4.57. The number of H-pyrrole nitrogens is 1. The predicted octanol–water partition coefficient (Wildman–Crippen LogP) is 4.73. The van der Waals surface area contributed by atoms with Crippen LogP contribution in [-0.4, -0.2) is 29.5 Å². The van der Waals surface area contributed by atoms with Crippen molar-refractivity contribution in [3.63, 3.8) is 0 Å². The molecule has 162 valence electrons. The van der Waals surface area contributed by atoms with Crippen LogP contribution in [0.3, 0.4) is 0 Å². The van der Waals surface area contributed by atoms with Gasteiger partial charge in [0.1, 0.15) is 0 Å². The molecule has 1 heterocycles. The van der Waals surface area contributed by atoms with Crippen molar-refractivity contribution in [2.24, 2.45) is 5.10 Å². The summed E-state index contributed by atoms with van der Waals surface area (Å²) in [7, 11) is -3.82. The molecule has 4 rings (SSSR count). The van der Waals surface area contributed by atoms with Gasteiger partial charge in [-0.2, -0.15) is 14.9 Å². The van der Waals surface area contributed by atoms with Crippen LogP contribution in [0.5, 0.6) is 0 Å². The second kappa shape index (κ2) is 9.70. The second-order valence-electron chi connectivity index (χ2n) is 6.77. The van der Waals surface area contributed by atoms with Crippen molar-refractivity contribution in [3.8, 4) is 11.4 Å². The molecule has 0 aliphatic carbocycles. The van der Waals surface area contributed by atoms with Crippen molar-refractivity contribution in [1.82, 2.24) is 19.6 Å². The summed E-state index contributed by atoms with van der Waals surface area (Å²) in [6, 6.07) is 23.5. The molecule has 0 aliphatic rings. The van der Waals surface area contributed by atoms with E-state index >= 15 is 0 Å². The molecule has 0 radical (unpaired) electrons. The van der Waals surface area contributed by atoms with Gasteiger partial charge in [0.25, 0.3) is 0 Å². The van der Waals surface area contributed by atoms with Crippen molar-refractivity contribution < 1.29 is 8.42 Å². The summed E-state index contributed by atoms with van der Waals surface area (Å²) in [5.41, 5.74) is 2.09. The number of nitrogens with zero attached hydrogens (tertiary/aromatic N) is 3. The topological polar surface area (TPSA) is 92.1 Å². The number of sulfonamides is 1. The number of aromatic nitrogens is 3. The van der Waals surface area contributed by atoms with Crippen LogP contribution in [0.25, 0.3) is 11.4 Å². The molecule has 0 bridgehead atoms. The van der Waals surface area contributed by atoms with Crippen molar-refractivity contribution in [2.45, 2.75) is 11.4 Å². The Bertz CT molecular complexity index is 1410. The molecule has 0 saturated heterocycles. The average molecular weight is 528 g/mol. The Morgan fingerprint density at radius 1 is 1.03 bits per heavy atom. The van der Waals surface area contributed by atoms with E-state index in [1.807, 2.05) is 54.6 Å². The zero-order chi connectivity index (χ0) is 22.6. The van der Waals surface area contributed by atoms with Gasteiger partial charge in [-0.25, -0.2) is 18.2 Å². The Balaban J connectivity index is 1.68. The molecule has 7 nitrogen and oxygen atoms in total. The largest absolute Gasteiger partial charge is 0.250 e. The number of nitrogens with one attached hydrogen (secondary N) is 2. The molecule has 32 heavy (non-hydrogen) atoms. The zero-order valence-corrected chi connectivity index (χ0v) is 19.9. The maximum Gasteiger partial charge on any atom is 0.241 e. The number of aromatic amines is 1. The van der Waals surface area contributed by atoms with Gasteiger partial charge in [0.05, 0.1) is 11.1 Å². The van der Waals surface area contributed by atoms with E-state index < -0.39 is 10.0 Å². The van der Waals surface area contributed by atoms with E-state index in [2.05, 4.69) is 36.0 Å². The minimum absolute atomic E-state index is 0.0880. The van der Waals surface area contributed by atoms with Gasteiger partial charge >= 0.3 is 0 Å². The average Bonchev–Trinajstić information content (AvgIpc) is 3.18. The lowest BCUT2D eigenvalue weighted by molar-refractivity contribution is 0.581. The lowest BCUT2D eigenvalue weighted by atomic mass is 10.2. The molecule has 0 aliphatic heterocycles. The molecule has 1 aromatic heterocycles. The van der Waals surface area contributed by atoms with Gasteiger partial charge in [-0.1, -0.05) is 70.5 Å². The van der Waals surface area contributed by atoms with Crippen LogP contribution in [0.1, 0.15) is 11.1 Å². The van der Waals surface area contributed by atoms with Crippen molar-refractivity contribution in [2.75, 3.05) is 0 Å². The van der Waals surface area contributed by atoms with E-state index in [1.54, 1.807) is 24.4 Å². The zero-order valence-electron chi connectivity index (χ0n) is 16.6. The SMILES string of the molecule is O=S(=O)(NCc1ccccc1)c1ccccc1-c1n[nH]c(=S)n1/N=C/c1ccc(Br)cc1. The normalized spacial score (nSPS) is 11.8. The maximum atomic E-state index is 13.1. The van der Waals surface area contributed by atoms with Crippen molar-refractivity contribution in [1.29, 1.82) is 0 Å². The van der Waals surface area contributed by atoms with Crippen molar-refractivity contribution >= 4 is 44.4 Å². The van der Waals surface area contributed by atoms with Crippen LogP contribution >= 0.6 is 28.1 Å². The molecule has 0 amide bonds. The number of halogens is 1. The Hall–Kier alpha value is -2.92. The molecule has 0 atom stereocenters. The number of rotatable bonds is 7. The Morgan fingerprint density at radius 2 is 1.72 bits per heavy atom. The summed E-state index contributed by atoms with van der Waals surface area (Å²) in [5, 5.41) is 11.4. The highest BCUT2D eigenvalue weighted by Crippen LogP contribution is 2.26. The van der Waals surface area contributed by atoms with E-state index in [9.17, 15) is 8.42 Å².